The molecule has 0 aliphatic rings. The number of unbranched alkanes of at least 4 members (excludes halogenated alkanes) is 45. The number of rotatable bonds is 54. The van der Waals surface area contributed by atoms with Crippen LogP contribution in [0.4, 0.5) is 0 Å². The zero-order valence-electron chi connectivity index (χ0n) is 46.3. The van der Waals surface area contributed by atoms with E-state index in [9.17, 15) is 38.9 Å². The normalized spacial score (nSPS) is 11.6. The Morgan fingerprint density at radius 2 is 0.324 bits per heavy atom. The van der Waals surface area contributed by atoms with E-state index in [4.69, 9.17) is 0 Å². The fraction of sp³-hybridized carbons (Fsp3) is 1.00. The van der Waals surface area contributed by atoms with Crippen LogP contribution in [0.15, 0.2) is 0 Å². The molecule has 71 heavy (non-hydrogen) atoms. The maximum absolute atomic E-state index is 10.2. The van der Waals surface area contributed by atoms with Gasteiger partial charge in [0.05, 0.1) is 19.8 Å². The van der Waals surface area contributed by atoms with Crippen LogP contribution in [-0.2, 0) is 43.7 Å². The van der Waals surface area contributed by atoms with E-state index >= 15 is 0 Å². The molecule has 0 amide bonds. The van der Waals surface area contributed by atoms with Crippen LogP contribution in [0, 0.1) is 0 Å². The maximum Gasteiger partial charge on any atom is 3.00 e. The molecule has 2 N–H and O–H groups in total. The Balaban J connectivity index is -0.000000302. The zero-order chi connectivity index (χ0) is 51.7. The second kappa shape index (κ2) is 64.4. The quantitative estimate of drug-likeness (QED) is 0.0240. The third-order valence-electron chi connectivity index (χ3n) is 12.7. The molecule has 0 saturated carbocycles. The topological polar surface area (TPSA) is 231 Å². The van der Waals surface area contributed by atoms with Gasteiger partial charge in [0.15, 0.2) is 0 Å². The van der Waals surface area contributed by atoms with Gasteiger partial charge in [-0.3, -0.25) is 12.5 Å². The summed E-state index contributed by atoms with van der Waals surface area (Å²) in [7, 11) is -13.5. The van der Waals surface area contributed by atoms with Crippen LogP contribution >= 0.6 is 0 Å². The summed E-state index contributed by atoms with van der Waals surface area (Å²) >= 11 is 0. The summed E-state index contributed by atoms with van der Waals surface area (Å²) < 4.78 is 104. The largest absolute Gasteiger partial charge is 3.00 e. The molecule has 0 spiro atoms. The third kappa shape index (κ3) is 90.0. The Bertz CT molecular complexity index is 1150. The van der Waals surface area contributed by atoms with Crippen molar-refractivity contribution in [2.75, 3.05) is 19.8 Å². The molecule has 0 aliphatic heterocycles. The van der Waals surface area contributed by atoms with Gasteiger partial charge >= 0.3 is 17.4 Å². The summed E-state index contributed by atoms with van der Waals surface area (Å²) in [5.41, 5.74) is 0. The summed E-state index contributed by atoms with van der Waals surface area (Å²) in [5, 5.41) is 0. The molecular formula is C54H113AlO13S3. The standard InChI is InChI=1S/3C18H38O4S.Al.H2O/c3*1-2-3-4-5-6-7-8-9-10-11-12-13-14-15-16-17-18-22-23(19,20)21;;/h3*2-18H2,1H3,(H,19,20,21);;1H2/q;;;+3;/p-3. The minimum Gasteiger partial charge on any atom is -0.726 e. The predicted molar refractivity (Wildman–Crippen MR) is 295 cm³/mol. The second-order valence-electron chi connectivity index (χ2n) is 19.6. The van der Waals surface area contributed by atoms with Gasteiger partial charge in [-0.25, -0.2) is 25.3 Å². The number of hydrogen-bond acceptors (Lipinski definition) is 12. The van der Waals surface area contributed by atoms with E-state index in [-0.39, 0.29) is 42.7 Å². The van der Waals surface area contributed by atoms with Crippen LogP contribution in [0.3, 0.4) is 0 Å². The van der Waals surface area contributed by atoms with Crippen molar-refractivity contribution in [2.45, 2.75) is 329 Å². The van der Waals surface area contributed by atoms with Crippen molar-refractivity contribution in [3.05, 3.63) is 0 Å². The summed E-state index contributed by atoms with van der Waals surface area (Å²) in [5.74, 6) is 0. The molecule has 0 aromatic rings. The molecule has 0 heterocycles. The molecule has 0 aromatic carbocycles. The van der Waals surface area contributed by atoms with Crippen molar-refractivity contribution >= 4 is 48.6 Å². The van der Waals surface area contributed by atoms with Crippen LogP contribution in [0.5, 0.6) is 0 Å². The van der Waals surface area contributed by atoms with E-state index in [0.29, 0.717) is 19.3 Å². The van der Waals surface area contributed by atoms with Gasteiger partial charge in [-0.2, -0.15) is 0 Å². The molecule has 0 bridgehead atoms. The molecule has 0 rings (SSSR count). The third-order valence-corrected chi connectivity index (χ3v) is 14.0. The Kier molecular flexibility index (Phi) is 72.5. The van der Waals surface area contributed by atoms with E-state index < -0.39 is 31.2 Å². The van der Waals surface area contributed by atoms with Crippen LogP contribution in [0.25, 0.3) is 0 Å². The van der Waals surface area contributed by atoms with Gasteiger partial charge in [-0.1, -0.05) is 310 Å². The molecule has 0 aromatic heterocycles. The molecule has 0 fully saturated rings. The monoisotopic (exact) mass is 1090 g/mol. The summed E-state index contributed by atoms with van der Waals surface area (Å²) in [6.45, 7) is 6.88. The first-order valence-electron chi connectivity index (χ1n) is 29.0. The Morgan fingerprint density at radius 3 is 0.423 bits per heavy atom. The number of hydrogen-bond donors (Lipinski definition) is 0. The first kappa shape index (κ1) is 80.0. The summed E-state index contributed by atoms with van der Waals surface area (Å²) in [4.78, 5) is 0. The predicted octanol–water partition coefficient (Wildman–Crippen LogP) is 16.0. The van der Waals surface area contributed by atoms with Gasteiger partial charge in [0.2, 0.25) is 31.2 Å². The van der Waals surface area contributed by atoms with Crippen LogP contribution in [0.2, 0.25) is 0 Å². The van der Waals surface area contributed by atoms with Gasteiger partial charge in [0, 0.05) is 0 Å². The Morgan fingerprint density at radius 1 is 0.225 bits per heavy atom. The average molecular weight is 1090 g/mol. The van der Waals surface area contributed by atoms with Crippen LogP contribution < -0.4 is 0 Å². The van der Waals surface area contributed by atoms with Gasteiger partial charge in [-0.15, -0.1) is 0 Å². The van der Waals surface area contributed by atoms with Crippen LogP contribution in [-0.4, -0.2) is 81.6 Å². The van der Waals surface area contributed by atoms with E-state index in [2.05, 4.69) is 33.3 Å². The molecule has 13 nitrogen and oxygen atoms in total. The average Bonchev–Trinajstić information content (AvgIpc) is 3.29. The van der Waals surface area contributed by atoms with Crippen molar-refractivity contribution in [2.24, 2.45) is 0 Å². The van der Waals surface area contributed by atoms with Crippen molar-refractivity contribution in [3.63, 3.8) is 0 Å². The zero-order valence-corrected chi connectivity index (χ0v) is 49.9. The molecule has 0 saturated heterocycles. The molecular weight excluding hydrogens is 980 g/mol. The van der Waals surface area contributed by atoms with Crippen molar-refractivity contribution < 1.29 is 56.9 Å². The second-order valence-corrected chi connectivity index (χ2v) is 22.8. The summed E-state index contributed by atoms with van der Waals surface area (Å²) in [6.07, 6.45) is 60.9. The van der Waals surface area contributed by atoms with Crippen molar-refractivity contribution in [3.8, 4) is 0 Å². The maximum atomic E-state index is 10.2. The fourth-order valence-electron chi connectivity index (χ4n) is 8.43. The van der Waals surface area contributed by atoms with E-state index in [1.807, 2.05) is 0 Å². The van der Waals surface area contributed by atoms with Gasteiger partial charge in [0.1, 0.15) is 0 Å². The Hall–Kier alpha value is 0.102. The first-order chi connectivity index (χ1) is 33.2. The van der Waals surface area contributed by atoms with Gasteiger partial charge < -0.3 is 19.1 Å². The van der Waals surface area contributed by atoms with E-state index in [0.717, 1.165) is 38.5 Å². The minimum atomic E-state index is -4.49. The van der Waals surface area contributed by atoms with E-state index in [1.54, 1.807) is 0 Å². The van der Waals surface area contributed by atoms with Crippen molar-refractivity contribution in [1.82, 2.24) is 0 Å². The van der Waals surface area contributed by atoms with E-state index in [1.165, 1.54) is 250 Å². The van der Waals surface area contributed by atoms with Crippen molar-refractivity contribution in [1.29, 1.82) is 0 Å². The molecule has 0 atom stereocenters. The first-order valence-corrected chi connectivity index (χ1v) is 33.0. The SMILES string of the molecule is CCCCCCCCCCCCCCCCCCOS(=O)(=O)[O-].CCCCCCCCCCCCCCCCCCOS(=O)(=O)[O-].CCCCCCCCCCCCCCCCCCOS(=O)(=O)[O-].O.[Al+3]. The molecule has 0 radical (unpaired) electrons. The fourth-order valence-corrected chi connectivity index (χ4v) is 9.40. The molecule has 0 aliphatic carbocycles. The van der Waals surface area contributed by atoms with Crippen LogP contribution in [0.1, 0.15) is 329 Å². The molecule has 17 heteroatoms. The molecule has 0 unspecified atom stereocenters. The van der Waals surface area contributed by atoms with Gasteiger partial charge in [-0.05, 0) is 19.3 Å². The minimum absolute atomic E-state index is 0. The summed E-state index contributed by atoms with van der Waals surface area (Å²) in [6, 6.07) is 0. The van der Waals surface area contributed by atoms with Gasteiger partial charge in [0.25, 0.3) is 0 Å². The molecule has 428 valence electrons. The smallest absolute Gasteiger partial charge is 0.726 e. The Labute approximate surface area is 451 Å².